The van der Waals surface area contributed by atoms with Crippen molar-refractivity contribution in [3.8, 4) is 5.75 Å². The molecule has 0 aromatic heterocycles. The Balaban J connectivity index is 3.05. The van der Waals surface area contributed by atoms with Crippen LogP contribution in [0.1, 0.15) is 32.3 Å². The molecule has 4 atom stereocenters. The topological polar surface area (TPSA) is 235 Å². The fraction of sp³-hybridized carbons (Fsp3) is 0.476. The van der Waals surface area contributed by atoms with Gasteiger partial charge in [0.2, 0.25) is 17.7 Å². The number of aliphatic carboxylic acids is 1. The van der Waals surface area contributed by atoms with Crippen LogP contribution in [-0.2, 0) is 25.6 Å². The van der Waals surface area contributed by atoms with Crippen LogP contribution >= 0.6 is 0 Å². The maximum Gasteiger partial charge on any atom is 0.325 e. The van der Waals surface area contributed by atoms with Gasteiger partial charge in [0.15, 0.2) is 5.96 Å². The molecule has 34 heavy (non-hydrogen) atoms. The number of rotatable bonds is 13. The number of aliphatic imine (C=N–C) groups is 1. The molecule has 13 nitrogen and oxygen atoms in total. The zero-order valence-corrected chi connectivity index (χ0v) is 19.2. The molecule has 13 heteroatoms. The number of amides is 3. The molecule has 0 aliphatic carbocycles. The van der Waals surface area contributed by atoms with Crippen molar-refractivity contribution in [1.82, 2.24) is 16.0 Å². The van der Waals surface area contributed by atoms with Gasteiger partial charge in [0.1, 0.15) is 23.9 Å². The van der Waals surface area contributed by atoms with Crippen molar-refractivity contribution in [2.45, 2.75) is 57.3 Å². The lowest BCUT2D eigenvalue weighted by atomic mass is 10.0. The molecule has 0 bridgehead atoms. The van der Waals surface area contributed by atoms with Crippen molar-refractivity contribution in [3.63, 3.8) is 0 Å². The predicted octanol–water partition coefficient (Wildman–Crippen LogP) is -2.11. The molecule has 0 radical (unpaired) electrons. The molecule has 0 saturated heterocycles. The van der Waals surface area contributed by atoms with E-state index in [1.54, 1.807) is 12.1 Å². The first-order valence-corrected chi connectivity index (χ1v) is 10.6. The highest BCUT2D eigenvalue weighted by atomic mass is 16.4. The number of aromatic hydroxyl groups is 1. The van der Waals surface area contributed by atoms with Gasteiger partial charge >= 0.3 is 5.97 Å². The number of nitrogens with one attached hydrogen (secondary N) is 3. The summed E-state index contributed by atoms with van der Waals surface area (Å²) < 4.78 is 0. The number of nitrogens with zero attached hydrogens (tertiary/aromatic N) is 1. The van der Waals surface area contributed by atoms with E-state index in [-0.39, 0.29) is 31.1 Å². The molecule has 188 valence electrons. The number of phenols is 1. The monoisotopic (exact) mass is 479 g/mol. The highest BCUT2D eigenvalue weighted by molar-refractivity contribution is 5.94. The Labute approximate surface area is 197 Å². The number of benzene rings is 1. The summed E-state index contributed by atoms with van der Waals surface area (Å²) in [5, 5.41) is 26.0. The van der Waals surface area contributed by atoms with E-state index in [2.05, 4.69) is 20.9 Å². The molecular weight excluding hydrogens is 446 g/mol. The van der Waals surface area contributed by atoms with Gasteiger partial charge in [0, 0.05) is 13.0 Å². The summed E-state index contributed by atoms with van der Waals surface area (Å²) in [5.41, 5.74) is 16.8. The summed E-state index contributed by atoms with van der Waals surface area (Å²) in [6.45, 7) is 2.96. The molecule has 1 aromatic rings. The van der Waals surface area contributed by atoms with Gasteiger partial charge in [-0.15, -0.1) is 0 Å². The van der Waals surface area contributed by atoms with E-state index in [1.807, 2.05) is 0 Å². The molecule has 11 N–H and O–H groups in total. The lowest BCUT2D eigenvalue weighted by Crippen LogP contribution is -2.57. The number of carbonyl (C=O) groups excluding carboxylic acids is 3. The second kappa shape index (κ2) is 13.6. The Kier molecular flexibility index (Phi) is 11.3. The third-order valence-electron chi connectivity index (χ3n) is 4.73. The largest absolute Gasteiger partial charge is 0.508 e. The lowest BCUT2D eigenvalue weighted by Gasteiger charge is -2.24. The van der Waals surface area contributed by atoms with Crippen molar-refractivity contribution in [2.75, 3.05) is 6.54 Å². The summed E-state index contributed by atoms with van der Waals surface area (Å²) in [6, 6.07) is 1.69. The van der Waals surface area contributed by atoms with Crippen molar-refractivity contribution in [1.29, 1.82) is 0 Å². The number of guanidine groups is 1. The average Bonchev–Trinajstić information content (AvgIpc) is 2.76. The van der Waals surface area contributed by atoms with Crippen LogP contribution < -0.4 is 33.2 Å². The quantitative estimate of drug-likeness (QED) is 0.0876. The lowest BCUT2D eigenvalue weighted by molar-refractivity contribution is -0.141. The van der Waals surface area contributed by atoms with Crippen LogP contribution in [0.3, 0.4) is 0 Å². The third kappa shape index (κ3) is 10.2. The third-order valence-corrected chi connectivity index (χ3v) is 4.73. The summed E-state index contributed by atoms with van der Waals surface area (Å²) in [5.74, 6) is -3.30. The Bertz CT molecular complexity index is 884. The normalized spacial score (nSPS) is 14.1. The molecular formula is C21H33N7O6. The number of hydrogen-bond donors (Lipinski definition) is 8. The van der Waals surface area contributed by atoms with Gasteiger partial charge in [0.05, 0.1) is 6.04 Å². The van der Waals surface area contributed by atoms with Crippen LogP contribution in [0.15, 0.2) is 29.3 Å². The van der Waals surface area contributed by atoms with Crippen molar-refractivity contribution in [3.05, 3.63) is 29.8 Å². The van der Waals surface area contributed by atoms with E-state index in [9.17, 15) is 24.3 Å². The fourth-order valence-corrected chi connectivity index (χ4v) is 2.80. The predicted molar refractivity (Wildman–Crippen MR) is 124 cm³/mol. The van der Waals surface area contributed by atoms with Gasteiger partial charge in [-0.3, -0.25) is 24.2 Å². The van der Waals surface area contributed by atoms with Crippen LogP contribution in [-0.4, -0.2) is 70.6 Å². The maximum atomic E-state index is 13.0. The van der Waals surface area contributed by atoms with Gasteiger partial charge in [0.25, 0.3) is 0 Å². The molecule has 0 heterocycles. The van der Waals surface area contributed by atoms with Crippen LogP contribution in [0.5, 0.6) is 5.75 Å². The second-order valence-corrected chi connectivity index (χ2v) is 7.80. The maximum absolute atomic E-state index is 13.0. The highest BCUT2D eigenvalue weighted by Gasteiger charge is 2.29. The molecule has 4 unspecified atom stereocenters. The zero-order chi connectivity index (χ0) is 25.8. The van der Waals surface area contributed by atoms with Crippen molar-refractivity contribution >= 4 is 29.7 Å². The number of carboxylic acid groups (broad SMARTS) is 1. The van der Waals surface area contributed by atoms with E-state index < -0.39 is 47.9 Å². The summed E-state index contributed by atoms with van der Waals surface area (Å²) in [7, 11) is 0. The number of phenolic OH excluding ortho intramolecular Hbond substituents is 1. The first-order valence-electron chi connectivity index (χ1n) is 10.6. The fourth-order valence-electron chi connectivity index (χ4n) is 2.80. The van der Waals surface area contributed by atoms with Gasteiger partial charge in [-0.2, -0.15) is 0 Å². The number of nitrogens with two attached hydrogens (primary N) is 3. The second-order valence-electron chi connectivity index (χ2n) is 7.80. The van der Waals surface area contributed by atoms with Crippen LogP contribution in [0, 0.1) is 0 Å². The SMILES string of the molecule is CC(N)C(=O)NC(CCCN=C(N)N)C(=O)NC(Cc1ccc(O)cc1)C(=O)NC(C)C(=O)O. The summed E-state index contributed by atoms with van der Waals surface area (Å²) in [4.78, 5) is 52.9. The van der Waals surface area contributed by atoms with E-state index in [0.29, 0.717) is 12.0 Å². The van der Waals surface area contributed by atoms with Gasteiger partial charge < -0.3 is 43.4 Å². The standard InChI is InChI=1S/C21H33N7O6/c1-11(22)17(30)27-15(4-3-9-25-21(23)24)18(31)28-16(19(32)26-12(2)20(33)34)10-13-5-7-14(29)8-6-13/h5-8,11-12,15-16,29H,3-4,9-10,22H2,1-2H3,(H,26,32)(H,27,30)(H,28,31)(H,33,34)(H4,23,24,25). The average molecular weight is 480 g/mol. The Morgan fingerprint density at radius 3 is 2.03 bits per heavy atom. The number of carboxylic acids is 1. The minimum Gasteiger partial charge on any atom is -0.508 e. The Morgan fingerprint density at radius 2 is 1.50 bits per heavy atom. The molecule has 1 rings (SSSR count). The van der Waals surface area contributed by atoms with Crippen LogP contribution in [0.2, 0.25) is 0 Å². The van der Waals surface area contributed by atoms with Crippen molar-refractivity contribution < 1.29 is 29.4 Å². The van der Waals surface area contributed by atoms with E-state index in [1.165, 1.54) is 26.0 Å². The molecule has 0 fully saturated rings. The highest BCUT2D eigenvalue weighted by Crippen LogP contribution is 2.12. The smallest absolute Gasteiger partial charge is 0.325 e. The van der Waals surface area contributed by atoms with Crippen LogP contribution in [0.4, 0.5) is 0 Å². The number of hydrogen-bond acceptors (Lipinski definition) is 7. The molecule has 3 amide bonds. The van der Waals surface area contributed by atoms with Gasteiger partial charge in [-0.25, -0.2) is 0 Å². The number of carbonyl (C=O) groups is 4. The summed E-state index contributed by atoms with van der Waals surface area (Å²) in [6.07, 6.45) is 0.506. The van der Waals surface area contributed by atoms with Gasteiger partial charge in [-0.1, -0.05) is 12.1 Å². The minimum absolute atomic E-state index is 0.00610. The Morgan fingerprint density at radius 1 is 0.941 bits per heavy atom. The molecule has 0 aliphatic heterocycles. The Hall–Kier alpha value is -3.87. The first kappa shape index (κ1) is 28.2. The van der Waals surface area contributed by atoms with E-state index >= 15 is 0 Å². The van der Waals surface area contributed by atoms with E-state index in [0.717, 1.165) is 0 Å². The van der Waals surface area contributed by atoms with E-state index in [4.69, 9.17) is 22.3 Å². The zero-order valence-electron chi connectivity index (χ0n) is 19.2. The summed E-state index contributed by atoms with van der Waals surface area (Å²) >= 11 is 0. The molecule has 0 aliphatic rings. The molecule has 0 saturated carbocycles. The van der Waals surface area contributed by atoms with Crippen LogP contribution in [0.25, 0.3) is 0 Å². The molecule has 1 aromatic carbocycles. The van der Waals surface area contributed by atoms with Gasteiger partial charge in [-0.05, 0) is 44.4 Å². The van der Waals surface area contributed by atoms with Crippen molar-refractivity contribution in [2.24, 2.45) is 22.2 Å². The minimum atomic E-state index is -1.25. The first-order chi connectivity index (χ1) is 15.9. The molecule has 0 spiro atoms.